The van der Waals surface area contributed by atoms with Crippen molar-refractivity contribution in [1.29, 1.82) is 0 Å². The van der Waals surface area contributed by atoms with Crippen molar-refractivity contribution in [2.75, 3.05) is 6.79 Å². The minimum atomic E-state index is -0.751. The van der Waals surface area contributed by atoms with E-state index in [1.807, 2.05) is 17.5 Å². The maximum absolute atomic E-state index is 12.6. The van der Waals surface area contributed by atoms with Gasteiger partial charge in [-0.2, -0.15) is 0 Å². The molecule has 0 aliphatic carbocycles. The molecule has 0 fully saturated rings. The minimum Gasteiger partial charge on any atom is -0.454 e. The van der Waals surface area contributed by atoms with Crippen molar-refractivity contribution < 1.29 is 14.3 Å². The van der Waals surface area contributed by atoms with Crippen LogP contribution in [0.4, 0.5) is 0 Å². The molecule has 0 bridgehead atoms. The predicted octanol–water partition coefficient (Wildman–Crippen LogP) is 1.66. The molecule has 0 saturated carbocycles. The molecule has 1 amide bonds. The van der Waals surface area contributed by atoms with Gasteiger partial charge in [-0.15, -0.1) is 11.3 Å². The summed E-state index contributed by atoms with van der Waals surface area (Å²) in [4.78, 5) is 36.7. The molecule has 3 N–H and O–H groups in total. The molecule has 0 unspecified atom stereocenters. The van der Waals surface area contributed by atoms with E-state index < -0.39 is 11.6 Å². The van der Waals surface area contributed by atoms with Crippen LogP contribution in [0.25, 0.3) is 27.6 Å². The van der Waals surface area contributed by atoms with E-state index >= 15 is 0 Å². The highest BCUT2D eigenvalue weighted by Crippen LogP contribution is 2.34. The number of H-pyrrole nitrogens is 1. The Morgan fingerprint density at radius 1 is 1.22 bits per heavy atom. The Morgan fingerprint density at radius 2 is 2.07 bits per heavy atom. The number of carbonyl (C=O) groups is 1. The lowest BCUT2D eigenvalue weighted by molar-refractivity contribution is 0.0997. The van der Waals surface area contributed by atoms with Gasteiger partial charge in [-0.1, -0.05) is 6.07 Å². The number of rotatable bonds is 3. The van der Waals surface area contributed by atoms with Crippen LogP contribution >= 0.6 is 11.3 Å². The molecule has 3 aromatic heterocycles. The first kappa shape index (κ1) is 15.6. The number of imidazole rings is 1. The monoisotopic (exact) mass is 381 g/mol. The van der Waals surface area contributed by atoms with Crippen LogP contribution in [-0.2, 0) is 0 Å². The van der Waals surface area contributed by atoms with E-state index in [-0.39, 0.29) is 23.7 Å². The van der Waals surface area contributed by atoms with E-state index in [1.54, 1.807) is 18.2 Å². The fourth-order valence-corrected chi connectivity index (χ4v) is 3.60. The van der Waals surface area contributed by atoms with Gasteiger partial charge in [-0.05, 0) is 23.6 Å². The summed E-state index contributed by atoms with van der Waals surface area (Å²) in [6.45, 7) is 0.123. The second-order valence-electron chi connectivity index (χ2n) is 5.74. The molecule has 4 aromatic rings. The Morgan fingerprint density at radius 3 is 2.85 bits per heavy atom. The Balaban J connectivity index is 1.81. The van der Waals surface area contributed by atoms with Gasteiger partial charge in [0.15, 0.2) is 28.7 Å². The Labute approximate surface area is 155 Å². The van der Waals surface area contributed by atoms with Crippen LogP contribution in [0.5, 0.6) is 11.5 Å². The first-order valence-electron chi connectivity index (χ1n) is 7.88. The van der Waals surface area contributed by atoms with Crippen LogP contribution in [-0.4, -0.2) is 32.2 Å². The third kappa shape index (κ3) is 2.38. The number of hydrogen-bond acceptors (Lipinski definition) is 7. The van der Waals surface area contributed by atoms with Crippen LogP contribution in [0.1, 0.15) is 10.5 Å². The highest BCUT2D eigenvalue weighted by Gasteiger charge is 2.22. The van der Waals surface area contributed by atoms with Gasteiger partial charge in [0, 0.05) is 6.07 Å². The molecular formula is C17H11N5O4S. The van der Waals surface area contributed by atoms with Crippen molar-refractivity contribution in [3.63, 3.8) is 0 Å². The zero-order valence-corrected chi connectivity index (χ0v) is 14.4. The van der Waals surface area contributed by atoms with E-state index in [4.69, 9.17) is 15.2 Å². The number of benzene rings is 1. The smallest absolute Gasteiger partial charge is 0.332 e. The number of hydrogen-bond donors (Lipinski definition) is 2. The highest BCUT2D eigenvalue weighted by atomic mass is 32.1. The van der Waals surface area contributed by atoms with Crippen LogP contribution in [0.15, 0.2) is 40.5 Å². The number of nitrogens with one attached hydrogen (secondary N) is 1. The van der Waals surface area contributed by atoms with E-state index in [0.29, 0.717) is 23.0 Å². The summed E-state index contributed by atoms with van der Waals surface area (Å²) in [7, 11) is 0. The fraction of sp³-hybridized carbons (Fsp3) is 0.0588. The lowest BCUT2D eigenvalue weighted by Gasteiger charge is -2.06. The van der Waals surface area contributed by atoms with E-state index in [0.717, 1.165) is 4.88 Å². The molecule has 134 valence electrons. The average molecular weight is 381 g/mol. The van der Waals surface area contributed by atoms with Crippen molar-refractivity contribution in [2.24, 2.45) is 5.73 Å². The number of ether oxygens (including phenoxy) is 2. The average Bonchev–Trinajstić information content (AvgIpc) is 3.39. The third-order valence-electron chi connectivity index (χ3n) is 4.13. The first-order chi connectivity index (χ1) is 13.1. The number of fused-ring (bicyclic) bond motifs is 2. The molecule has 9 nitrogen and oxygen atoms in total. The second kappa shape index (κ2) is 5.68. The molecule has 0 radical (unpaired) electrons. The van der Waals surface area contributed by atoms with Crippen LogP contribution in [0.2, 0.25) is 0 Å². The second-order valence-corrected chi connectivity index (χ2v) is 6.69. The zero-order chi connectivity index (χ0) is 18.5. The zero-order valence-electron chi connectivity index (χ0n) is 13.6. The Kier molecular flexibility index (Phi) is 3.28. The number of primary amides is 1. The largest absolute Gasteiger partial charge is 0.454 e. The number of aromatic amines is 1. The molecule has 27 heavy (non-hydrogen) atoms. The maximum atomic E-state index is 12.6. The summed E-state index contributed by atoms with van der Waals surface area (Å²) in [5.41, 5.74) is 5.93. The summed E-state index contributed by atoms with van der Waals surface area (Å²) < 4.78 is 12.0. The number of aromatic nitrogens is 4. The number of nitrogens with two attached hydrogens (primary N) is 1. The van der Waals surface area contributed by atoms with Crippen molar-refractivity contribution in [2.45, 2.75) is 0 Å². The summed E-state index contributed by atoms with van der Waals surface area (Å²) in [5.74, 6) is 0.689. The van der Waals surface area contributed by atoms with Gasteiger partial charge in [-0.25, -0.2) is 19.3 Å². The summed E-state index contributed by atoms with van der Waals surface area (Å²) in [6, 6.07) is 8.76. The highest BCUT2D eigenvalue weighted by molar-refractivity contribution is 7.13. The van der Waals surface area contributed by atoms with Gasteiger partial charge < -0.3 is 20.2 Å². The Hall–Kier alpha value is -3.66. The molecule has 0 spiro atoms. The van der Waals surface area contributed by atoms with Crippen molar-refractivity contribution in [1.82, 2.24) is 19.5 Å². The first-order valence-corrected chi connectivity index (χ1v) is 8.76. The van der Waals surface area contributed by atoms with Crippen molar-refractivity contribution in [3.05, 3.63) is 51.9 Å². The van der Waals surface area contributed by atoms with E-state index in [2.05, 4.69) is 15.0 Å². The topological polar surface area (TPSA) is 125 Å². The molecule has 5 rings (SSSR count). The van der Waals surface area contributed by atoms with E-state index in [9.17, 15) is 9.59 Å². The predicted molar refractivity (Wildman–Crippen MR) is 97.4 cm³/mol. The van der Waals surface area contributed by atoms with Crippen LogP contribution in [0, 0.1) is 0 Å². The summed E-state index contributed by atoms with van der Waals surface area (Å²) in [6.07, 6.45) is 0. The molecule has 1 aliphatic heterocycles. The van der Waals surface area contributed by atoms with Crippen LogP contribution < -0.4 is 20.9 Å². The van der Waals surface area contributed by atoms with Gasteiger partial charge in [-0.3, -0.25) is 4.79 Å². The molecule has 10 heteroatoms. The van der Waals surface area contributed by atoms with Gasteiger partial charge in [0.1, 0.15) is 5.52 Å². The van der Waals surface area contributed by atoms with Gasteiger partial charge in [0.25, 0.3) is 5.91 Å². The number of nitrogens with zero attached hydrogens (tertiary/aromatic N) is 3. The molecule has 0 atom stereocenters. The third-order valence-corrected chi connectivity index (χ3v) is 4.99. The normalized spacial score (nSPS) is 12.6. The van der Waals surface area contributed by atoms with Gasteiger partial charge >= 0.3 is 5.69 Å². The Bertz CT molecular complexity index is 1260. The molecule has 1 aromatic carbocycles. The molecule has 0 saturated heterocycles. The van der Waals surface area contributed by atoms with Crippen molar-refractivity contribution in [3.8, 4) is 27.9 Å². The fourth-order valence-electron chi connectivity index (χ4n) is 2.94. The van der Waals surface area contributed by atoms with Gasteiger partial charge in [0.2, 0.25) is 6.79 Å². The van der Waals surface area contributed by atoms with E-state index in [1.165, 1.54) is 15.9 Å². The molecule has 1 aliphatic rings. The van der Waals surface area contributed by atoms with Gasteiger partial charge in [0.05, 0.1) is 10.6 Å². The minimum absolute atomic E-state index is 0.0417. The van der Waals surface area contributed by atoms with Crippen molar-refractivity contribution >= 4 is 28.4 Å². The lowest BCUT2D eigenvalue weighted by atomic mass is 10.2. The SMILES string of the molecule is NC(=O)c1nc(-c2cccs2)nc2c1[nH]c(=O)n2-c1ccc2c(c1)OCO2. The lowest BCUT2D eigenvalue weighted by Crippen LogP contribution is -2.15. The quantitative estimate of drug-likeness (QED) is 0.556. The van der Waals surface area contributed by atoms with Crippen LogP contribution in [0.3, 0.4) is 0 Å². The summed E-state index contributed by atoms with van der Waals surface area (Å²) >= 11 is 1.42. The number of thiophene rings is 1. The summed E-state index contributed by atoms with van der Waals surface area (Å²) in [5, 5.41) is 1.87. The maximum Gasteiger partial charge on any atom is 0.332 e. The number of amides is 1. The molecular weight excluding hydrogens is 370 g/mol. The molecule has 4 heterocycles. The number of carbonyl (C=O) groups excluding carboxylic acids is 1. The standard InChI is InChI=1S/C17H11N5O4S/c18-14(23)12-13-16(21-15(19-12)11-2-1-5-27-11)22(17(24)20-13)8-3-4-9-10(6-8)26-7-25-9/h1-6H,7H2,(H2,18,23)(H,20,24).